The summed E-state index contributed by atoms with van der Waals surface area (Å²) in [5.74, 6) is 0. The monoisotopic (exact) mass is 683 g/mol. The van der Waals surface area contributed by atoms with Gasteiger partial charge in [0.25, 0.3) is 0 Å². The van der Waals surface area contributed by atoms with Gasteiger partial charge in [-0.3, -0.25) is 4.98 Å². The molecule has 0 N–H and O–H groups in total. The second-order valence-electron chi connectivity index (χ2n) is 14.2. The first kappa shape index (κ1) is 30.5. The lowest BCUT2D eigenvalue weighted by molar-refractivity contribution is 1.33. The number of pyridine rings is 1. The largest absolute Gasteiger partial charge is 0.264 e. The van der Waals surface area contributed by atoms with Crippen molar-refractivity contribution in [1.82, 2.24) is 4.98 Å². The number of nitrogens with zero attached hydrogens (tertiary/aromatic N) is 1. The van der Waals surface area contributed by atoms with Gasteiger partial charge in [-0.25, -0.2) is 0 Å². The number of hydrogen-bond donors (Lipinski definition) is 0. The van der Waals surface area contributed by atoms with Gasteiger partial charge in [-0.05, 0) is 122 Å². The van der Waals surface area contributed by atoms with Gasteiger partial charge in [-0.2, -0.15) is 0 Å². The van der Waals surface area contributed by atoms with Crippen LogP contribution >= 0.6 is 0 Å². The van der Waals surface area contributed by atoms with E-state index in [1.165, 1.54) is 104 Å². The van der Waals surface area contributed by atoms with Crippen LogP contribution in [0.3, 0.4) is 0 Å². The molecular weight excluding hydrogens is 651 g/mol. The smallest absolute Gasteiger partial charge is 0.0346 e. The Morgan fingerprint density at radius 2 is 0.685 bits per heavy atom. The van der Waals surface area contributed by atoms with Crippen LogP contribution in [-0.2, 0) is 0 Å². The van der Waals surface area contributed by atoms with E-state index < -0.39 is 0 Å². The molecule has 0 radical (unpaired) electrons. The van der Waals surface area contributed by atoms with E-state index in [0.717, 1.165) is 5.56 Å². The van der Waals surface area contributed by atoms with Crippen molar-refractivity contribution in [2.24, 2.45) is 0 Å². The summed E-state index contributed by atoms with van der Waals surface area (Å²) < 4.78 is 0. The van der Waals surface area contributed by atoms with E-state index in [-0.39, 0.29) is 0 Å². The van der Waals surface area contributed by atoms with E-state index in [9.17, 15) is 0 Å². The lowest BCUT2D eigenvalue weighted by Gasteiger charge is -2.23. The van der Waals surface area contributed by atoms with Crippen LogP contribution in [0.25, 0.3) is 109 Å². The molecular formula is C53H33N. The first-order valence-electron chi connectivity index (χ1n) is 18.6. The normalized spacial score (nSPS) is 11.7. The number of hydrogen-bond acceptors (Lipinski definition) is 1. The van der Waals surface area contributed by atoms with Gasteiger partial charge in [0.05, 0.1) is 0 Å². The summed E-state index contributed by atoms with van der Waals surface area (Å²) in [5.41, 5.74) is 9.75. The molecule has 0 saturated carbocycles. The van der Waals surface area contributed by atoms with Crippen molar-refractivity contribution in [3.63, 3.8) is 0 Å². The van der Waals surface area contributed by atoms with Crippen molar-refractivity contribution in [3.05, 3.63) is 200 Å². The van der Waals surface area contributed by atoms with Crippen molar-refractivity contribution < 1.29 is 0 Å². The zero-order valence-corrected chi connectivity index (χ0v) is 29.5. The predicted octanol–water partition coefficient (Wildman–Crippen LogP) is 14.7. The maximum absolute atomic E-state index is 4.62. The van der Waals surface area contributed by atoms with Crippen LogP contribution in [0.15, 0.2) is 200 Å². The first-order valence-corrected chi connectivity index (χ1v) is 18.6. The number of aromatic nitrogens is 1. The summed E-state index contributed by atoms with van der Waals surface area (Å²) in [4.78, 5) is 4.62. The Labute approximate surface area is 313 Å². The molecule has 250 valence electrons. The van der Waals surface area contributed by atoms with Crippen molar-refractivity contribution >= 4 is 64.6 Å². The standard InChI is InChI=1S/C53H33N/c1-2-17-36(18-3-1)50-47-32-49-48(31-46(47)40-24-8-9-25-43(40)51(50)37-21-14-30-54-33-37)52(41-28-12-19-34-15-4-6-22-38(34)41)44-26-10-11-27-45(44)53(49)42-29-13-20-35-16-5-7-23-39(35)42/h1-33H. The molecule has 0 bridgehead atoms. The fraction of sp³-hybridized carbons (Fsp3) is 0. The molecule has 54 heavy (non-hydrogen) atoms. The average Bonchev–Trinajstić information content (AvgIpc) is 3.25. The minimum absolute atomic E-state index is 1.11. The van der Waals surface area contributed by atoms with Crippen molar-refractivity contribution in [1.29, 1.82) is 0 Å². The van der Waals surface area contributed by atoms with Crippen LogP contribution in [0.5, 0.6) is 0 Å². The lowest BCUT2D eigenvalue weighted by Crippen LogP contribution is -1.95. The molecule has 0 unspecified atom stereocenters. The Balaban J connectivity index is 1.43. The van der Waals surface area contributed by atoms with Crippen molar-refractivity contribution in [3.8, 4) is 44.5 Å². The Kier molecular flexibility index (Phi) is 6.93. The minimum Gasteiger partial charge on any atom is -0.264 e. The summed E-state index contributed by atoms with van der Waals surface area (Å²) in [6.45, 7) is 0. The molecule has 0 aliphatic heterocycles. The highest BCUT2D eigenvalue weighted by molar-refractivity contribution is 6.31. The van der Waals surface area contributed by atoms with Gasteiger partial charge in [0.2, 0.25) is 0 Å². The van der Waals surface area contributed by atoms with Gasteiger partial charge in [0.15, 0.2) is 0 Å². The third-order valence-electron chi connectivity index (χ3n) is 11.3. The molecule has 11 aromatic rings. The number of benzene rings is 10. The Morgan fingerprint density at radius 1 is 0.259 bits per heavy atom. The predicted molar refractivity (Wildman–Crippen MR) is 231 cm³/mol. The highest BCUT2D eigenvalue weighted by atomic mass is 14.6. The Morgan fingerprint density at radius 3 is 1.26 bits per heavy atom. The zero-order chi connectivity index (χ0) is 35.6. The maximum atomic E-state index is 4.62. The number of fused-ring (bicyclic) bond motifs is 7. The van der Waals surface area contributed by atoms with E-state index in [1.807, 2.05) is 18.5 Å². The molecule has 0 atom stereocenters. The summed E-state index contributed by atoms with van der Waals surface area (Å²) in [6, 6.07) is 69.2. The summed E-state index contributed by atoms with van der Waals surface area (Å²) >= 11 is 0. The highest BCUT2D eigenvalue weighted by Gasteiger charge is 2.23. The maximum Gasteiger partial charge on any atom is 0.0346 e. The molecule has 1 nitrogen and oxygen atoms in total. The molecule has 0 aliphatic rings. The van der Waals surface area contributed by atoms with Crippen molar-refractivity contribution in [2.45, 2.75) is 0 Å². The third kappa shape index (κ3) is 4.62. The molecule has 1 heterocycles. The van der Waals surface area contributed by atoms with Gasteiger partial charge in [-0.1, -0.05) is 170 Å². The summed E-state index contributed by atoms with van der Waals surface area (Å²) in [5, 5.41) is 14.9. The molecule has 0 aliphatic carbocycles. The van der Waals surface area contributed by atoms with E-state index in [1.54, 1.807) is 0 Å². The minimum atomic E-state index is 1.11. The zero-order valence-electron chi connectivity index (χ0n) is 29.5. The van der Waals surface area contributed by atoms with E-state index in [0.29, 0.717) is 0 Å². The average molecular weight is 684 g/mol. The van der Waals surface area contributed by atoms with Crippen LogP contribution in [-0.4, -0.2) is 4.98 Å². The van der Waals surface area contributed by atoms with Crippen LogP contribution in [0.4, 0.5) is 0 Å². The summed E-state index contributed by atoms with van der Waals surface area (Å²) in [6.07, 6.45) is 3.87. The molecule has 0 amide bonds. The second kappa shape index (κ2) is 12.3. The molecule has 0 fully saturated rings. The van der Waals surface area contributed by atoms with Crippen LogP contribution in [0.2, 0.25) is 0 Å². The van der Waals surface area contributed by atoms with Crippen LogP contribution in [0.1, 0.15) is 0 Å². The fourth-order valence-corrected chi connectivity index (χ4v) is 9.04. The topological polar surface area (TPSA) is 12.9 Å². The first-order chi connectivity index (χ1) is 26.8. The van der Waals surface area contributed by atoms with Gasteiger partial charge >= 0.3 is 0 Å². The molecule has 11 rings (SSSR count). The van der Waals surface area contributed by atoms with Crippen LogP contribution in [0, 0.1) is 0 Å². The highest BCUT2D eigenvalue weighted by Crippen LogP contribution is 2.51. The van der Waals surface area contributed by atoms with Gasteiger partial charge < -0.3 is 0 Å². The van der Waals surface area contributed by atoms with E-state index >= 15 is 0 Å². The van der Waals surface area contributed by atoms with E-state index in [4.69, 9.17) is 0 Å². The molecule has 10 aromatic carbocycles. The second-order valence-corrected chi connectivity index (χ2v) is 14.2. The third-order valence-corrected chi connectivity index (χ3v) is 11.3. The molecule has 1 heteroatoms. The van der Waals surface area contributed by atoms with Crippen molar-refractivity contribution in [2.75, 3.05) is 0 Å². The lowest BCUT2D eigenvalue weighted by atomic mass is 9.80. The van der Waals surface area contributed by atoms with Crippen LogP contribution < -0.4 is 0 Å². The SMILES string of the molecule is c1ccc(-c2c(-c3cccnc3)c3ccccc3c3cc4c(-c5cccc6ccccc56)c5ccccc5c(-c5cccc6ccccc56)c4cc23)cc1. The Bertz CT molecular complexity index is 3240. The quantitative estimate of drug-likeness (QED) is 0.133. The fourth-order valence-electron chi connectivity index (χ4n) is 9.04. The summed E-state index contributed by atoms with van der Waals surface area (Å²) in [7, 11) is 0. The van der Waals surface area contributed by atoms with Gasteiger partial charge in [0, 0.05) is 18.0 Å². The molecule has 0 saturated heterocycles. The molecule has 1 aromatic heterocycles. The molecule has 0 spiro atoms. The van der Waals surface area contributed by atoms with E-state index in [2.05, 4.69) is 187 Å². The van der Waals surface area contributed by atoms with Gasteiger partial charge in [-0.15, -0.1) is 0 Å². The van der Waals surface area contributed by atoms with Gasteiger partial charge in [0.1, 0.15) is 0 Å². The Hall–Kier alpha value is -7.09. The number of rotatable bonds is 4.